The van der Waals surface area contributed by atoms with Crippen molar-refractivity contribution in [2.45, 2.75) is 45.7 Å². The van der Waals surface area contributed by atoms with E-state index in [0.29, 0.717) is 12.5 Å². The number of benzene rings is 1. The van der Waals surface area contributed by atoms with Gasteiger partial charge in [-0.1, -0.05) is 44.2 Å². The van der Waals surface area contributed by atoms with Gasteiger partial charge in [-0.15, -0.1) is 0 Å². The van der Waals surface area contributed by atoms with Crippen LogP contribution in [0.1, 0.15) is 45.7 Å². The van der Waals surface area contributed by atoms with Gasteiger partial charge in [0, 0.05) is 18.1 Å². The zero-order valence-electron chi connectivity index (χ0n) is 13.7. The Hall–Kier alpha value is -0.910. The quantitative estimate of drug-likeness (QED) is 0.776. The van der Waals surface area contributed by atoms with Gasteiger partial charge in [-0.05, 0) is 31.7 Å². The third-order valence-corrected chi connectivity index (χ3v) is 4.08. The highest BCUT2D eigenvalue weighted by Crippen LogP contribution is 2.21. The minimum absolute atomic E-state index is 0.229. The summed E-state index contributed by atoms with van der Waals surface area (Å²) in [5, 5.41) is 3.50. The average Bonchev–Trinajstić information content (AvgIpc) is 2.32. The average molecular weight is 312 g/mol. The molecule has 0 saturated heterocycles. The van der Waals surface area contributed by atoms with E-state index >= 15 is 0 Å². The molecule has 2 N–H and O–H groups in total. The van der Waals surface area contributed by atoms with Crippen molar-refractivity contribution in [1.82, 2.24) is 10.0 Å². The zero-order valence-corrected chi connectivity index (χ0v) is 14.5. The normalized spacial score (nSPS) is 14.4. The Bertz CT molecular complexity index is 524. The molecular formula is C16H28N2O2S. The molecule has 0 fully saturated rings. The number of rotatable bonds is 8. The molecule has 1 aromatic carbocycles. The van der Waals surface area contributed by atoms with Gasteiger partial charge in [0.25, 0.3) is 0 Å². The molecule has 1 unspecified atom stereocenters. The SMILES string of the molecule is CC(C)CC(NCC(C)(C)NS(C)(=O)=O)c1ccccc1. The van der Waals surface area contributed by atoms with Gasteiger partial charge in [0.1, 0.15) is 0 Å². The van der Waals surface area contributed by atoms with E-state index in [0.717, 1.165) is 6.42 Å². The lowest BCUT2D eigenvalue weighted by atomic mass is 9.96. The fourth-order valence-electron chi connectivity index (χ4n) is 2.41. The topological polar surface area (TPSA) is 58.2 Å². The van der Waals surface area contributed by atoms with Crippen molar-refractivity contribution in [3.05, 3.63) is 35.9 Å². The smallest absolute Gasteiger partial charge is 0.209 e. The molecule has 120 valence electrons. The summed E-state index contributed by atoms with van der Waals surface area (Å²) in [6.07, 6.45) is 2.20. The van der Waals surface area contributed by atoms with E-state index in [-0.39, 0.29) is 6.04 Å². The fourth-order valence-corrected chi connectivity index (χ4v) is 3.49. The van der Waals surface area contributed by atoms with Gasteiger partial charge in [0.2, 0.25) is 10.0 Å². The van der Waals surface area contributed by atoms with E-state index in [1.165, 1.54) is 11.8 Å². The summed E-state index contributed by atoms with van der Waals surface area (Å²) < 4.78 is 25.5. The van der Waals surface area contributed by atoms with Crippen LogP contribution in [0.5, 0.6) is 0 Å². The van der Waals surface area contributed by atoms with Crippen LogP contribution < -0.4 is 10.0 Å². The molecule has 0 spiro atoms. The minimum atomic E-state index is -3.21. The summed E-state index contributed by atoms with van der Waals surface area (Å²) in [4.78, 5) is 0. The zero-order chi connectivity index (χ0) is 16.1. The van der Waals surface area contributed by atoms with Gasteiger partial charge in [-0.3, -0.25) is 0 Å². The molecular weight excluding hydrogens is 284 g/mol. The number of hydrogen-bond acceptors (Lipinski definition) is 3. The monoisotopic (exact) mass is 312 g/mol. The van der Waals surface area contributed by atoms with E-state index in [2.05, 4.69) is 36.0 Å². The highest BCUT2D eigenvalue weighted by atomic mass is 32.2. The second-order valence-electron chi connectivity index (χ2n) is 6.73. The number of hydrogen-bond donors (Lipinski definition) is 2. The fraction of sp³-hybridized carbons (Fsp3) is 0.625. The van der Waals surface area contributed by atoms with Crippen LogP contribution in [-0.2, 0) is 10.0 Å². The molecule has 0 radical (unpaired) electrons. The van der Waals surface area contributed by atoms with Crippen molar-refractivity contribution >= 4 is 10.0 Å². The van der Waals surface area contributed by atoms with Crippen molar-refractivity contribution in [3.8, 4) is 0 Å². The molecule has 1 atom stereocenters. The van der Waals surface area contributed by atoms with Crippen LogP contribution in [0.25, 0.3) is 0 Å². The maximum absolute atomic E-state index is 11.4. The first-order valence-electron chi connectivity index (χ1n) is 7.36. The van der Waals surface area contributed by atoms with E-state index in [4.69, 9.17) is 0 Å². The first-order valence-corrected chi connectivity index (χ1v) is 9.25. The molecule has 5 heteroatoms. The molecule has 4 nitrogen and oxygen atoms in total. The molecule has 0 heterocycles. The summed E-state index contributed by atoms with van der Waals surface area (Å²) in [6, 6.07) is 10.5. The molecule has 21 heavy (non-hydrogen) atoms. The Morgan fingerprint density at radius 3 is 2.19 bits per heavy atom. The minimum Gasteiger partial charge on any atom is -0.308 e. The number of nitrogens with one attached hydrogen (secondary N) is 2. The third kappa shape index (κ3) is 7.60. The Kier molecular flexibility index (Phi) is 6.38. The molecule has 0 amide bonds. The van der Waals surface area contributed by atoms with E-state index < -0.39 is 15.6 Å². The highest BCUT2D eigenvalue weighted by Gasteiger charge is 2.24. The van der Waals surface area contributed by atoms with Gasteiger partial charge in [-0.25, -0.2) is 13.1 Å². The third-order valence-electron chi connectivity index (χ3n) is 3.16. The van der Waals surface area contributed by atoms with Crippen molar-refractivity contribution in [2.24, 2.45) is 5.92 Å². The summed E-state index contributed by atoms with van der Waals surface area (Å²) in [5.41, 5.74) is 0.721. The summed E-state index contributed by atoms with van der Waals surface area (Å²) >= 11 is 0. The Labute approximate surface area is 129 Å². The van der Waals surface area contributed by atoms with Gasteiger partial charge < -0.3 is 5.32 Å². The molecule has 1 aromatic rings. The molecule has 0 aliphatic rings. The van der Waals surface area contributed by atoms with Crippen LogP contribution >= 0.6 is 0 Å². The van der Waals surface area contributed by atoms with Crippen LogP contribution in [-0.4, -0.2) is 26.8 Å². The predicted octanol–water partition coefficient (Wildman–Crippen LogP) is 2.69. The van der Waals surface area contributed by atoms with Crippen molar-refractivity contribution < 1.29 is 8.42 Å². The largest absolute Gasteiger partial charge is 0.308 e. The maximum Gasteiger partial charge on any atom is 0.209 e. The Morgan fingerprint density at radius 1 is 1.14 bits per heavy atom. The van der Waals surface area contributed by atoms with Crippen LogP contribution in [0.15, 0.2) is 30.3 Å². The highest BCUT2D eigenvalue weighted by molar-refractivity contribution is 7.88. The van der Waals surface area contributed by atoms with Gasteiger partial charge in [-0.2, -0.15) is 0 Å². The Balaban J connectivity index is 2.74. The second-order valence-corrected chi connectivity index (χ2v) is 8.48. The standard InChI is InChI=1S/C16H28N2O2S/c1-13(2)11-15(14-9-7-6-8-10-14)17-12-16(3,4)18-21(5,19)20/h6-10,13,15,17-18H,11-12H2,1-5H3. The Morgan fingerprint density at radius 2 is 1.71 bits per heavy atom. The first-order chi connectivity index (χ1) is 9.59. The van der Waals surface area contributed by atoms with E-state index in [1.54, 1.807) is 0 Å². The molecule has 0 aromatic heterocycles. The molecule has 0 saturated carbocycles. The van der Waals surface area contributed by atoms with E-state index in [9.17, 15) is 8.42 Å². The van der Waals surface area contributed by atoms with Gasteiger partial charge >= 0.3 is 0 Å². The molecule has 0 aliphatic carbocycles. The second kappa shape index (κ2) is 7.38. The first kappa shape index (κ1) is 18.1. The summed E-state index contributed by atoms with van der Waals surface area (Å²) in [5.74, 6) is 0.564. The lowest BCUT2D eigenvalue weighted by Gasteiger charge is -2.29. The van der Waals surface area contributed by atoms with Crippen LogP contribution in [0.2, 0.25) is 0 Å². The summed E-state index contributed by atoms with van der Waals surface area (Å²) in [7, 11) is -3.21. The van der Waals surface area contributed by atoms with Crippen LogP contribution in [0.3, 0.4) is 0 Å². The maximum atomic E-state index is 11.4. The molecule has 0 bridgehead atoms. The van der Waals surface area contributed by atoms with Crippen molar-refractivity contribution in [1.29, 1.82) is 0 Å². The van der Waals surface area contributed by atoms with Gasteiger partial charge in [0.15, 0.2) is 0 Å². The van der Waals surface area contributed by atoms with Gasteiger partial charge in [0.05, 0.1) is 6.26 Å². The summed E-state index contributed by atoms with van der Waals surface area (Å²) in [6.45, 7) is 8.73. The van der Waals surface area contributed by atoms with Crippen molar-refractivity contribution in [2.75, 3.05) is 12.8 Å². The van der Waals surface area contributed by atoms with Crippen LogP contribution in [0, 0.1) is 5.92 Å². The predicted molar refractivity (Wildman–Crippen MR) is 88.7 cm³/mol. The molecule has 0 aliphatic heterocycles. The number of sulfonamides is 1. The van der Waals surface area contributed by atoms with E-state index in [1.807, 2.05) is 32.0 Å². The molecule has 1 rings (SSSR count). The van der Waals surface area contributed by atoms with Crippen molar-refractivity contribution in [3.63, 3.8) is 0 Å². The lowest BCUT2D eigenvalue weighted by molar-refractivity contribution is 0.360. The lowest BCUT2D eigenvalue weighted by Crippen LogP contribution is -2.50. The van der Waals surface area contributed by atoms with Crippen LogP contribution in [0.4, 0.5) is 0 Å².